The minimum atomic E-state index is -0.292. The zero-order valence-corrected chi connectivity index (χ0v) is 15.7. The van der Waals surface area contributed by atoms with E-state index in [-0.39, 0.29) is 11.1 Å². The van der Waals surface area contributed by atoms with Gasteiger partial charge in [-0.3, -0.25) is 9.59 Å². The molecule has 0 saturated carbocycles. The Morgan fingerprint density at radius 3 is 2.48 bits per heavy atom. The van der Waals surface area contributed by atoms with Crippen LogP contribution in [0, 0.1) is 6.92 Å². The van der Waals surface area contributed by atoms with E-state index < -0.39 is 0 Å². The molecule has 0 saturated heterocycles. The Hall–Kier alpha value is -3.26. The monoisotopic (exact) mass is 421 g/mol. The highest BCUT2D eigenvalue weighted by molar-refractivity contribution is 9.10. The van der Waals surface area contributed by atoms with Gasteiger partial charge in [0.1, 0.15) is 0 Å². The molecule has 0 N–H and O–H groups in total. The zero-order chi connectivity index (χ0) is 18.7. The molecular weight excluding hydrogens is 410 g/mol. The predicted molar refractivity (Wildman–Crippen MR) is 106 cm³/mol. The van der Waals surface area contributed by atoms with Gasteiger partial charge in [-0.1, -0.05) is 28.1 Å². The average Bonchev–Trinajstić information content (AvgIpc) is 3.03. The smallest absolute Gasteiger partial charge is 0.268 e. The van der Waals surface area contributed by atoms with E-state index in [0.717, 1.165) is 4.47 Å². The van der Waals surface area contributed by atoms with Crippen LogP contribution >= 0.6 is 15.9 Å². The Labute approximate surface area is 160 Å². The molecule has 2 aromatic carbocycles. The van der Waals surface area contributed by atoms with E-state index in [0.29, 0.717) is 33.8 Å². The highest BCUT2D eigenvalue weighted by atomic mass is 79.9. The third-order valence-electron chi connectivity index (χ3n) is 4.46. The van der Waals surface area contributed by atoms with Crippen molar-refractivity contribution in [1.29, 1.82) is 0 Å². The van der Waals surface area contributed by atoms with Gasteiger partial charge in [0.2, 0.25) is 11.6 Å². The molecule has 0 spiro atoms. The summed E-state index contributed by atoms with van der Waals surface area (Å²) in [6.07, 6.45) is 0. The fourth-order valence-electron chi connectivity index (χ4n) is 3.28. The van der Waals surface area contributed by atoms with Crippen molar-refractivity contribution in [3.63, 3.8) is 0 Å². The van der Waals surface area contributed by atoms with Gasteiger partial charge >= 0.3 is 0 Å². The number of hydrogen-bond donors (Lipinski definition) is 0. The van der Waals surface area contributed by atoms with E-state index in [4.69, 9.17) is 0 Å². The largest absolute Gasteiger partial charge is 0.276 e. The molecule has 0 fully saturated rings. The number of para-hydroxylation sites is 1. The summed E-state index contributed by atoms with van der Waals surface area (Å²) in [6.45, 7) is 1.76. The quantitative estimate of drug-likeness (QED) is 0.417. The number of benzene rings is 2. The molecule has 8 heteroatoms. The molecule has 0 aliphatic rings. The number of fused-ring (bicyclic) bond motifs is 5. The highest BCUT2D eigenvalue weighted by Gasteiger charge is 2.18. The normalized spacial score (nSPS) is 11.6. The van der Waals surface area contributed by atoms with Gasteiger partial charge in [0.05, 0.1) is 16.6 Å². The first-order valence-electron chi connectivity index (χ1n) is 8.23. The molecule has 3 heterocycles. The molecule has 5 aromatic rings. The molecule has 0 bridgehead atoms. The van der Waals surface area contributed by atoms with Crippen LogP contribution in [0.4, 0.5) is 0 Å². The highest BCUT2D eigenvalue weighted by Crippen LogP contribution is 2.19. The third kappa shape index (κ3) is 2.26. The topological polar surface area (TPSA) is 73.7 Å². The maximum atomic E-state index is 13.2. The van der Waals surface area contributed by atoms with Crippen molar-refractivity contribution in [2.45, 2.75) is 6.92 Å². The van der Waals surface area contributed by atoms with Crippen LogP contribution in [0.25, 0.3) is 28.1 Å². The fraction of sp³-hybridized carbons (Fsp3) is 0.0526. The Bertz CT molecular complexity index is 1480. The summed E-state index contributed by atoms with van der Waals surface area (Å²) in [4.78, 5) is 30.2. The van der Waals surface area contributed by atoms with Crippen molar-refractivity contribution in [2.24, 2.45) is 0 Å². The first-order valence-corrected chi connectivity index (χ1v) is 9.03. The molecule has 0 aliphatic heterocycles. The number of nitrogens with zero attached hydrogens (tertiary/aromatic N) is 5. The molecule has 7 nitrogen and oxygen atoms in total. The molecule has 0 radical (unpaired) electrons. The summed E-state index contributed by atoms with van der Waals surface area (Å²) < 4.78 is 5.37. The summed E-state index contributed by atoms with van der Waals surface area (Å²) >= 11 is 3.41. The van der Waals surface area contributed by atoms with Gasteiger partial charge in [0, 0.05) is 16.2 Å². The van der Waals surface area contributed by atoms with Gasteiger partial charge < -0.3 is 0 Å². The average molecular weight is 422 g/mol. The minimum Gasteiger partial charge on any atom is -0.268 e. The van der Waals surface area contributed by atoms with Crippen LogP contribution < -0.4 is 11.1 Å². The summed E-state index contributed by atoms with van der Waals surface area (Å²) in [5, 5.41) is 4.94. The van der Waals surface area contributed by atoms with Crippen LogP contribution in [0.2, 0.25) is 0 Å². The molecule has 132 valence electrons. The van der Waals surface area contributed by atoms with Crippen molar-refractivity contribution in [3.05, 3.63) is 85.5 Å². The Balaban J connectivity index is 2.10. The maximum absolute atomic E-state index is 13.2. The minimum absolute atomic E-state index is 0.208. The second-order valence-corrected chi connectivity index (χ2v) is 7.13. The van der Waals surface area contributed by atoms with E-state index in [1.54, 1.807) is 17.4 Å². The lowest BCUT2D eigenvalue weighted by atomic mass is 10.2. The Morgan fingerprint density at radius 1 is 0.963 bits per heavy atom. The van der Waals surface area contributed by atoms with Crippen LogP contribution in [0.3, 0.4) is 0 Å². The second kappa shape index (κ2) is 5.62. The fourth-order valence-corrected chi connectivity index (χ4v) is 3.55. The number of hydrogen-bond acceptors (Lipinski definition) is 4. The van der Waals surface area contributed by atoms with E-state index in [1.165, 1.54) is 15.1 Å². The van der Waals surface area contributed by atoms with Crippen LogP contribution in [-0.4, -0.2) is 23.6 Å². The molecule has 0 atom stereocenters. The third-order valence-corrected chi connectivity index (χ3v) is 4.99. The second-order valence-electron chi connectivity index (χ2n) is 6.22. The standard InChI is InChI=1S/C19H12BrN5O2/c1-11-10-16(26)25-18(21-11)24-15-5-3-2-4-14(15)17(27)23(19(24)22-25)13-8-6-12(20)7-9-13/h2-10H,1H3. The number of aromatic nitrogens is 5. The van der Waals surface area contributed by atoms with E-state index in [1.807, 2.05) is 42.5 Å². The van der Waals surface area contributed by atoms with Crippen molar-refractivity contribution >= 4 is 38.4 Å². The summed E-state index contributed by atoms with van der Waals surface area (Å²) in [5.41, 5.74) is 1.39. The first-order chi connectivity index (χ1) is 13.0. The SMILES string of the molecule is Cc1cc(=O)n2nc3n(-c4ccc(Br)cc4)c(=O)c4ccccc4n3c2n1. The summed E-state index contributed by atoms with van der Waals surface area (Å²) in [5.74, 6) is 0.702. The molecule has 5 rings (SSSR count). The molecular formula is C19H12BrN5O2. The summed E-state index contributed by atoms with van der Waals surface area (Å²) in [7, 11) is 0. The zero-order valence-electron chi connectivity index (χ0n) is 14.1. The van der Waals surface area contributed by atoms with E-state index in [9.17, 15) is 9.59 Å². The van der Waals surface area contributed by atoms with Gasteiger partial charge in [-0.25, -0.2) is 14.0 Å². The molecule has 27 heavy (non-hydrogen) atoms. The van der Waals surface area contributed by atoms with Crippen molar-refractivity contribution in [1.82, 2.24) is 23.6 Å². The van der Waals surface area contributed by atoms with E-state index in [2.05, 4.69) is 26.0 Å². The first kappa shape index (κ1) is 16.0. The van der Waals surface area contributed by atoms with Crippen molar-refractivity contribution in [3.8, 4) is 5.69 Å². The van der Waals surface area contributed by atoms with Crippen molar-refractivity contribution < 1.29 is 0 Å². The molecule has 0 unspecified atom stereocenters. The van der Waals surface area contributed by atoms with Crippen LogP contribution in [0.1, 0.15) is 5.69 Å². The van der Waals surface area contributed by atoms with Crippen LogP contribution in [0.5, 0.6) is 0 Å². The lowest BCUT2D eigenvalue weighted by Crippen LogP contribution is -2.21. The predicted octanol–water partition coefficient (Wildman–Crippen LogP) is 2.72. The Kier molecular flexibility index (Phi) is 3.32. The van der Waals surface area contributed by atoms with E-state index >= 15 is 0 Å². The van der Waals surface area contributed by atoms with Crippen molar-refractivity contribution in [2.75, 3.05) is 0 Å². The van der Waals surface area contributed by atoms with Gasteiger partial charge in [0.25, 0.3) is 11.1 Å². The lowest BCUT2D eigenvalue weighted by molar-refractivity contribution is 0.882. The summed E-state index contributed by atoms with van der Waals surface area (Å²) in [6, 6.07) is 16.0. The van der Waals surface area contributed by atoms with Crippen LogP contribution in [0.15, 0.2) is 68.7 Å². The Morgan fingerprint density at radius 2 is 1.70 bits per heavy atom. The number of aryl methyl sites for hydroxylation is 1. The number of rotatable bonds is 1. The lowest BCUT2D eigenvalue weighted by Gasteiger charge is -2.10. The molecule has 3 aromatic heterocycles. The van der Waals surface area contributed by atoms with Gasteiger partial charge in [-0.15, -0.1) is 5.10 Å². The molecule has 0 amide bonds. The maximum Gasteiger partial charge on any atom is 0.276 e. The number of halogens is 1. The van der Waals surface area contributed by atoms with Gasteiger partial charge in [0.15, 0.2) is 0 Å². The van der Waals surface area contributed by atoms with Gasteiger partial charge in [-0.05, 0) is 43.3 Å². The van der Waals surface area contributed by atoms with Crippen LogP contribution in [-0.2, 0) is 0 Å². The van der Waals surface area contributed by atoms with Gasteiger partial charge in [-0.2, -0.15) is 4.52 Å². The molecule has 0 aliphatic carbocycles.